The Morgan fingerprint density at radius 1 is 0.778 bits per heavy atom. The molecule has 27 heavy (non-hydrogen) atoms. The van der Waals surface area contributed by atoms with Gasteiger partial charge in [-0.05, 0) is 46.7 Å². The quantitative estimate of drug-likeness (QED) is 0.512. The number of para-hydroxylation sites is 2. The largest absolute Gasteiger partial charge is 0.355 e. The summed E-state index contributed by atoms with van der Waals surface area (Å²) in [7, 11) is 0. The van der Waals surface area contributed by atoms with Crippen molar-refractivity contribution in [3.63, 3.8) is 0 Å². The van der Waals surface area contributed by atoms with Crippen LogP contribution in [0.3, 0.4) is 0 Å². The van der Waals surface area contributed by atoms with Crippen LogP contribution in [0.25, 0.3) is 0 Å². The van der Waals surface area contributed by atoms with E-state index in [0.717, 1.165) is 11.4 Å². The van der Waals surface area contributed by atoms with Gasteiger partial charge in [0.05, 0.1) is 0 Å². The van der Waals surface area contributed by atoms with Gasteiger partial charge < -0.3 is 5.32 Å². The van der Waals surface area contributed by atoms with Gasteiger partial charge in [-0.15, -0.1) is 0 Å². The number of benzene rings is 3. The van der Waals surface area contributed by atoms with Gasteiger partial charge in [-0.2, -0.15) is 0 Å². The second-order valence-corrected chi connectivity index (χ2v) is 8.46. The van der Waals surface area contributed by atoms with Crippen molar-refractivity contribution >= 4 is 11.4 Å². The SMILES string of the molecule is C=C1C(c2ccccc2Nc2ccccc2)c2ccccc2C2(C)CC12C. The van der Waals surface area contributed by atoms with Gasteiger partial charge in [-0.3, -0.25) is 0 Å². The molecule has 1 saturated carbocycles. The molecule has 3 unspecified atom stereocenters. The molecule has 1 nitrogen and oxygen atoms in total. The number of hydrogen-bond donors (Lipinski definition) is 1. The maximum Gasteiger partial charge on any atom is 0.0426 e. The van der Waals surface area contributed by atoms with Crippen LogP contribution in [-0.2, 0) is 5.41 Å². The molecular formula is C26H25N. The molecule has 0 heterocycles. The standard InChI is InChI=1S/C26H25N/c1-18-24(20-13-7-9-15-22(20)26(3)17-25(18,26)2)21-14-8-10-16-23(21)27-19-11-5-4-6-12-19/h4-16,24,27H,1,17H2,2-3H3. The van der Waals surface area contributed by atoms with Crippen LogP contribution >= 0.6 is 0 Å². The fraction of sp³-hybridized carbons (Fsp3) is 0.231. The van der Waals surface area contributed by atoms with Crippen molar-refractivity contribution in [1.29, 1.82) is 0 Å². The normalized spacial score (nSPS) is 28.2. The van der Waals surface area contributed by atoms with Gasteiger partial charge in [0, 0.05) is 22.7 Å². The molecule has 2 aliphatic rings. The third-order valence-electron chi connectivity index (χ3n) is 7.05. The van der Waals surface area contributed by atoms with E-state index in [0.29, 0.717) is 0 Å². The molecule has 3 atom stereocenters. The van der Waals surface area contributed by atoms with Gasteiger partial charge in [-0.1, -0.05) is 86.7 Å². The lowest BCUT2D eigenvalue weighted by molar-refractivity contribution is 0.502. The number of rotatable bonds is 3. The van der Waals surface area contributed by atoms with E-state index in [1.807, 2.05) is 6.07 Å². The van der Waals surface area contributed by atoms with Crippen LogP contribution in [0.4, 0.5) is 11.4 Å². The number of nitrogens with one attached hydrogen (secondary N) is 1. The molecule has 0 aromatic heterocycles. The lowest BCUT2D eigenvalue weighted by Gasteiger charge is -2.37. The maximum atomic E-state index is 4.63. The van der Waals surface area contributed by atoms with Crippen molar-refractivity contribution in [2.75, 3.05) is 5.32 Å². The van der Waals surface area contributed by atoms with Gasteiger partial charge in [0.25, 0.3) is 0 Å². The van der Waals surface area contributed by atoms with Crippen molar-refractivity contribution in [2.45, 2.75) is 31.6 Å². The third kappa shape index (κ3) is 2.24. The second-order valence-electron chi connectivity index (χ2n) is 8.46. The maximum absolute atomic E-state index is 4.63. The Kier molecular flexibility index (Phi) is 3.40. The highest BCUT2D eigenvalue weighted by molar-refractivity contribution is 5.69. The Hall–Kier alpha value is -2.80. The molecule has 0 aliphatic heterocycles. The van der Waals surface area contributed by atoms with Gasteiger partial charge in [0.1, 0.15) is 0 Å². The first-order chi connectivity index (χ1) is 13.0. The number of anilines is 2. The summed E-state index contributed by atoms with van der Waals surface area (Å²) in [5, 5.41) is 3.63. The fourth-order valence-electron chi connectivity index (χ4n) is 5.18. The van der Waals surface area contributed by atoms with Gasteiger partial charge in [-0.25, -0.2) is 0 Å². The predicted octanol–water partition coefficient (Wildman–Crippen LogP) is 6.80. The Labute approximate surface area is 161 Å². The molecule has 1 fully saturated rings. The lowest BCUT2D eigenvalue weighted by atomic mass is 9.66. The molecular weight excluding hydrogens is 326 g/mol. The number of hydrogen-bond acceptors (Lipinski definition) is 1. The zero-order chi connectivity index (χ0) is 18.6. The Morgan fingerprint density at radius 2 is 1.41 bits per heavy atom. The van der Waals surface area contributed by atoms with Crippen LogP contribution in [0.1, 0.15) is 42.9 Å². The molecule has 0 spiro atoms. The van der Waals surface area contributed by atoms with E-state index >= 15 is 0 Å². The monoisotopic (exact) mass is 351 g/mol. The highest BCUT2D eigenvalue weighted by Crippen LogP contribution is 2.74. The summed E-state index contributed by atoms with van der Waals surface area (Å²) in [6, 6.07) is 28.1. The van der Waals surface area contributed by atoms with Gasteiger partial charge in [0.15, 0.2) is 0 Å². The minimum atomic E-state index is 0.186. The molecule has 1 N–H and O–H groups in total. The Bertz CT molecular complexity index is 1030. The van der Waals surface area contributed by atoms with E-state index in [-0.39, 0.29) is 16.7 Å². The van der Waals surface area contributed by atoms with Gasteiger partial charge in [0.2, 0.25) is 0 Å². The molecule has 1 heteroatoms. The lowest BCUT2D eigenvalue weighted by Crippen LogP contribution is -2.27. The molecule has 0 radical (unpaired) electrons. The smallest absolute Gasteiger partial charge is 0.0426 e. The van der Waals surface area contributed by atoms with Crippen molar-refractivity contribution < 1.29 is 0 Å². The molecule has 0 saturated heterocycles. The van der Waals surface area contributed by atoms with E-state index in [2.05, 4.69) is 98.5 Å². The zero-order valence-electron chi connectivity index (χ0n) is 16.0. The van der Waals surface area contributed by atoms with Crippen molar-refractivity contribution in [2.24, 2.45) is 5.41 Å². The Morgan fingerprint density at radius 3 is 2.19 bits per heavy atom. The first-order valence-electron chi connectivity index (χ1n) is 9.74. The van der Waals surface area contributed by atoms with Crippen molar-refractivity contribution in [3.05, 3.63) is 108 Å². The number of fused-ring (bicyclic) bond motifs is 3. The summed E-state index contributed by atoms with van der Waals surface area (Å²) in [5.74, 6) is 0.231. The minimum Gasteiger partial charge on any atom is -0.355 e. The van der Waals surface area contributed by atoms with Crippen LogP contribution in [-0.4, -0.2) is 0 Å². The topological polar surface area (TPSA) is 12.0 Å². The highest BCUT2D eigenvalue weighted by Gasteiger charge is 2.67. The average molecular weight is 351 g/mol. The summed E-state index contributed by atoms with van der Waals surface area (Å²) in [5.41, 5.74) is 8.28. The third-order valence-corrected chi connectivity index (χ3v) is 7.05. The van der Waals surface area contributed by atoms with Crippen LogP contribution < -0.4 is 5.32 Å². The summed E-state index contributed by atoms with van der Waals surface area (Å²) in [6.07, 6.45) is 1.20. The van der Waals surface area contributed by atoms with E-state index in [1.165, 1.54) is 28.7 Å². The molecule has 3 aromatic carbocycles. The molecule has 2 aliphatic carbocycles. The number of allylic oxidation sites excluding steroid dienone is 1. The summed E-state index contributed by atoms with van der Waals surface area (Å²) < 4.78 is 0. The molecule has 5 rings (SSSR count). The first-order valence-corrected chi connectivity index (χ1v) is 9.74. The van der Waals surface area contributed by atoms with Crippen LogP contribution in [0.5, 0.6) is 0 Å². The van der Waals surface area contributed by atoms with E-state index in [1.54, 1.807) is 0 Å². The van der Waals surface area contributed by atoms with Crippen LogP contribution in [0.15, 0.2) is 91.0 Å². The van der Waals surface area contributed by atoms with E-state index < -0.39 is 0 Å². The first kappa shape index (κ1) is 16.4. The Balaban J connectivity index is 1.66. The molecule has 134 valence electrons. The van der Waals surface area contributed by atoms with Crippen molar-refractivity contribution in [3.8, 4) is 0 Å². The second kappa shape index (κ2) is 5.60. The van der Waals surface area contributed by atoms with E-state index in [4.69, 9.17) is 0 Å². The molecule has 3 aromatic rings. The minimum absolute atomic E-state index is 0.186. The summed E-state index contributed by atoms with van der Waals surface area (Å²) in [6.45, 7) is 9.43. The van der Waals surface area contributed by atoms with E-state index in [9.17, 15) is 0 Å². The van der Waals surface area contributed by atoms with Gasteiger partial charge >= 0.3 is 0 Å². The van der Waals surface area contributed by atoms with Crippen LogP contribution in [0, 0.1) is 5.41 Å². The zero-order valence-corrected chi connectivity index (χ0v) is 16.0. The fourth-order valence-corrected chi connectivity index (χ4v) is 5.18. The summed E-state index contributed by atoms with van der Waals surface area (Å²) in [4.78, 5) is 0. The molecule has 0 amide bonds. The average Bonchev–Trinajstić information content (AvgIpc) is 3.29. The van der Waals surface area contributed by atoms with Crippen LogP contribution in [0.2, 0.25) is 0 Å². The highest BCUT2D eigenvalue weighted by atomic mass is 14.9. The van der Waals surface area contributed by atoms with Crippen molar-refractivity contribution in [1.82, 2.24) is 0 Å². The summed E-state index contributed by atoms with van der Waals surface area (Å²) >= 11 is 0. The predicted molar refractivity (Wildman–Crippen MR) is 114 cm³/mol. The molecule has 0 bridgehead atoms.